The van der Waals surface area contributed by atoms with Gasteiger partial charge >= 0.3 is 0 Å². The van der Waals surface area contributed by atoms with Gasteiger partial charge in [-0.1, -0.05) is 15.9 Å². The van der Waals surface area contributed by atoms with E-state index >= 15 is 0 Å². The monoisotopic (exact) mass is 337 g/mol. The molecule has 0 aliphatic carbocycles. The van der Waals surface area contributed by atoms with Crippen LogP contribution in [0.1, 0.15) is 13.8 Å². The van der Waals surface area contributed by atoms with E-state index in [0.717, 1.165) is 15.8 Å². The minimum Gasteiger partial charge on any atom is -0.306 e. The van der Waals surface area contributed by atoms with Gasteiger partial charge in [-0.05, 0) is 32.0 Å². The molecule has 2 heterocycles. The Hall–Kier alpha value is -1.40. The van der Waals surface area contributed by atoms with Crippen LogP contribution in [0.5, 0.6) is 0 Å². The molecule has 1 aromatic carbocycles. The zero-order valence-corrected chi connectivity index (χ0v) is 13.0. The number of hydrogen-bond donors (Lipinski definition) is 1. The van der Waals surface area contributed by atoms with Crippen LogP contribution >= 0.6 is 15.9 Å². The number of carbonyl (C=O) groups is 2. The van der Waals surface area contributed by atoms with E-state index in [4.69, 9.17) is 0 Å². The van der Waals surface area contributed by atoms with Crippen molar-refractivity contribution in [1.82, 2.24) is 5.32 Å². The summed E-state index contributed by atoms with van der Waals surface area (Å²) in [6, 6.07) is 5.31. The zero-order chi connectivity index (χ0) is 14.4. The van der Waals surface area contributed by atoms with Gasteiger partial charge in [-0.3, -0.25) is 14.5 Å². The molecule has 2 amide bonds. The largest absolute Gasteiger partial charge is 0.306 e. The molecule has 0 bridgehead atoms. The first-order valence-electron chi connectivity index (χ1n) is 6.66. The molecule has 0 saturated carbocycles. The van der Waals surface area contributed by atoms with Gasteiger partial charge in [0.1, 0.15) is 6.04 Å². The number of rotatable bonds is 1. The van der Waals surface area contributed by atoms with Crippen LogP contribution < -0.4 is 15.1 Å². The van der Waals surface area contributed by atoms with Crippen molar-refractivity contribution in [3.05, 3.63) is 22.7 Å². The fraction of sp³-hybridized carbons (Fsp3) is 0.429. The summed E-state index contributed by atoms with van der Waals surface area (Å²) in [5, 5.41) is 3.02. The van der Waals surface area contributed by atoms with Gasteiger partial charge in [-0.2, -0.15) is 0 Å². The number of benzene rings is 1. The summed E-state index contributed by atoms with van der Waals surface area (Å²) >= 11 is 3.44. The minimum atomic E-state index is -0.444. The summed E-state index contributed by atoms with van der Waals surface area (Å²) in [6.07, 6.45) is 0. The van der Waals surface area contributed by atoms with Crippen LogP contribution in [-0.2, 0) is 9.59 Å². The van der Waals surface area contributed by atoms with Crippen molar-refractivity contribution in [1.29, 1.82) is 0 Å². The van der Waals surface area contributed by atoms with Crippen molar-refractivity contribution in [3.63, 3.8) is 0 Å². The molecular weight excluding hydrogens is 322 g/mol. The molecule has 1 saturated heterocycles. The summed E-state index contributed by atoms with van der Waals surface area (Å²) in [5.41, 5.74) is 1.61. The molecule has 1 atom stereocenters. The average Bonchev–Trinajstić information content (AvgIpc) is 2.39. The number of fused-ring (bicyclic) bond motifs is 3. The predicted octanol–water partition coefficient (Wildman–Crippen LogP) is 1.51. The van der Waals surface area contributed by atoms with Crippen molar-refractivity contribution in [2.45, 2.75) is 25.9 Å². The highest BCUT2D eigenvalue weighted by atomic mass is 79.9. The molecule has 6 heteroatoms. The van der Waals surface area contributed by atoms with Gasteiger partial charge in [0.25, 0.3) is 5.91 Å². The van der Waals surface area contributed by atoms with Crippen LogP contribution in [0.25, 0.3) is 0 Å². The van der Waals surface area contributed by atoms with E-state index in [0.29, 0.717) is 6.54 Å². The molecule has 106 valence electrons. The van der Waals surface area contributed by atoms with Gasteiger partial charge in [-0.25, -0.2) is 0 Å². The molecule has 0 radical (unpaired) electrons. The van der Waals surface area contributed by atoms with Gasteiger partial charge in [-0.15, -0.1) is 0 Å². The Labute approximate surface area is 126 Å². The molecule has 2 aliphatic heterocycles. The van der Waals surface area contributed by atoms with E-state index in [2.05, 4.69) is 21.2 Å². The normalized spacial score (nSPS) is 22.1. The third-order valence-corrected chi connectivity index (χ3v) is 4.18. The third-order valence-electron chi connectivity index (χ3n) is 3.69. The molecule has 0 spiro atoms. The first-order valence-corrected chi connectivity index (χ1v) is 7.45. The summed E-state index contributed by atoms with van der Waals surface area (Å²) in [7, 11) is 0. The number of nitrogens with zero attached hydrogens (tertiary/aromatic N) is 2. The lowest BCUT2D eigenvalue weighted by Gasteiger charge is -2.45. The lowest BCUT2D eigenvalue weighted by atomic mass is 10.0. The second-order valence-corrected chi connectivity index (χ2v) is 6.26. The topological polar surface area (TPSA) is 52.7 Å². The Morgan fingerprint density at radius 1 is 1.30 bits per heavy atom. The van der Waals surface area contributed by atoms with Crippen molar-refractivity contribution in [2.24, 2.45) is 0 Å². The lowest BCUT2D eigenvalue weighted by Crippen LogP contribution is -2.65. The highest BCUT2D eigenvalue weighted by molar-refractivity contribution is 9.10. The zero-order valence-electron chi connectivity index (χ0n) is 11.4. The van der Waals surface area contributed by atoms with E-state index in [1.54, 1.807) is 9.80 Å². The molecule has 1 N–H and O–H groups in total. The van der Waals surface area contributed by atoms with Gasteiger partial charge in [0.05, 0.1) is 17.9 Å². The first kappa shape index (κ1) is 13.6. The second kappa shape index (κ2) is 4.86. The molecular formula is C14H16BrN3O2. The van der Waals surface area contributed by atoms with Crippen molar-refractivity contribution < 1.29 is 9.59 Å². The third kappa shape index (κ3) is 1.94. The van der Waals surface area contributed by atoms with E-state index in [9.17, 15) is 9.59 Å². The maximum Gasteiger partial charge on any atom is 0.251 e. The van der Waals surface area contributed by atoms with Gasteiger partial charge in [0.2, 0.25) is 5.91 Å². The Bertz CT molecular complexity index is 588. The highest BCUT2D eigenvalue weighted by Gasteiger charge is 2.43. The maximum atomic E-state index is 12.7. The maximum absolute atomic E-state index is 12.7. The fourth-order valence-corrected chi connectivity index (χ4v) is 3.22. The Kier molecular flexibility index (Phi) is 3.30. The number of carbonyl (C=O) groups excluding carboxylic acids is 2. The number of halogens is 1. The van der Waals surface area contributed by atoms with Crippen LogP contribution in [0, 0.1) is 0 Å². The summed E-state index contributed by atoms with van der Waals surface area (Å²) in [6.45, 7) is 4.74. The van der Waals surface area contributed by atoms with Gasteiger partial charge in [0.15, 0.2) is 0 Å². The van der Waals surface area contributed by atoms with E-state index in [-0.39, 0.29) is 24.4 Å². The quantitative estimate of drug-likeness (QED) is 0.845. The number of anilines is 2. The molecule has 1 unspecified atom stereocenters. The highest BCUT2D eigenvalue weighted by Crippen LogP contribution is 2.39. The number of amides is 2. The van der Waals surface area contributed by atoms with Crippen molar-refractivity contribution in [2.75, 3.05) is 22.9 Å². The predicted molar refractivity (Wildman–Crippen MR) is 80.9 cm³/mol. The Morgan fingerprint density at radius 3 is 2.75 bits per heavy atom. The summed E-state index contributed by atoms with van der Waals surface area (Å²) in [5.74, 6) is -0.0762. The fourth-order valence-electron chi connectivity index (χ4n) is 2.87. The van der Waals surface area contributed by atoms with Crippen LogP contribution in [0.15, 0.2) is 22.7 Å². The molecule has 1 fully saturated rings. The molecule has 20 heavy (non-hydrogen) atoms. The standard InChI is InChI=1S/C14H16BrN3O2/c1-8(2)17-10-4-3-9(15)5-11(10)18-12(14(17)20)6-16-7-13(18)19/h3-5,8,12,16H,6-7H2,1-2H3. The summed E-state index contributed by atoms with van der Waals surface area (Å²) in [4.78, 5) is 28.3. The lowest BCUT2D eigenvalue weighted by molar-refractivity contribution is -0.126. The van der Waals surface area contributed by atoms with Crippen LogP contribution in [-0.4, -0.2) is 37.0 Å². The smallest absolute Gasteiger partial charge is 0.251 e. The minimum absolute atomic E-state index is 0.0182. The Morgan fingerprint density at radius 2 is 2.05 bits per heavy atom. The van der Waals surface area contributed by atoms with Gasteiger partial charge < -0.3 is 10.2 Å². The molecule has 5 nitrogen and oxygen atoms in total. The number of piperazine rings is 1. The van der Waals surface area contributed by atoms with E-state index in [1.165, 1.54) is 0 Å². The first-order chi connectivity index (χ1) is 9.50. The molecule has 0 aromatic heterocycles. The molecule has 3 rings (SSSR count). The molecule has 2 aliphatic rings. The SMILES string of the molecule is CC(C)N1C(=O)C2CNCC(=O)N2c2cc(Br)ccc21. The second-order valence-electron chi connectivity index (χ2n) is 5.35. The van der Waals surface area contributed by atoms with Crippen molar-refractivity contribution in [3.8, 4) is 0 Å². The van der Waals surface area contributed by atoms with Crippen LogP contribution in [0.2, 0.25) is 0 Å². The number of nitrogens with one attached hydrogen (secondary N) is 1. The van der Waals surface area contributed by atoms with Gasteiger partial charge in [0, 0.05) is 17.1 Å². The average molecular weight is 338 g/mol. The van der Waals surface area contributed by atoms with Crippen LogP contribution in [0.4, 0.5) is 11.4 Å². The summed E-state index contributed by atoms with van der Waals surface area (Å²) < 4.78 is 0.902. The van der Waals surface area contributed by atoms with Crippen LogP contribution in [0.3, 0.4) is 0 Å². The van der Waals surface area contributed by atoms with E-state index in [1.807, 2.05) is 32.0 Å². The molecule has 1 aromatic rings. The van der Waals surface area contributed by atoms with E-state index < -0.39 is 6.04 Å². The number of hydrogen-bond acceptors (Lipinski definition) is 3. The Balaban J connectivity index is 2.19. The van der Waals surface area contributed by atoms with Crippen molar-refractivity contribution >= 4 is 39.1 Å².